The lowest BCUT2D eigenvalue weighted by molar-refractivity contribution is -0.122. The number of hydrogen-bond donors (Lipinski definition) is 0. The van der Waals surface area contributed by atoms with Crippen LogP contribution >= 0.6 is 31.9 Å². The highest BCUT2D eigenvalue weighted by atomic mass is 79.9. The molecule has 1 spiro atoms. The van der Waals surface area contributed by atoms with Crippen LogP contribution in [0.2, 0.25) is 0 Å². The standard InChI is InChI=1S/C33H31Br2NO/c1-22-20-23(24-6-16-29-30(21-24)32(2,3)37-33(29)18-4-5-19-33)7-17-31(22)36(27-12-8-25(34)9-13-27)28-14-10-26(35)11-15-28/h6-17,20-21H,4-5,18-19H2,1-3H3. The summed E-state index contributed by atoms with van der Waals surface area (Å²) in [5.74, 6) is 0. The van der Waals surface area contributed by atoms with Gasteiger partial charge in [-0.15, -0.1) is 0 Å². The minimum absolute atomic E-state index is 0.0764. The molecule has 0 bridgehead atoms. The van der Waals surface area contributed by atoms with Crippen LogP contribution in [0.4, 0.5) is 17.1 Å². The first-order valence-corrected chi connectivity index (χ1v) is 14.6. The molecule has 1 heterocycles. The highest BCUT2D eigenvalue weighted by molar-refractivity contribution is 9.10. The number of aryl methyl sites for hydroxylation is 1. The Labute approximate surface area is 236 Å². The number of hydrogen-bond acceptors (Lipinski definition) is 2. The second-order valence-corrected chi connectivity index (χ2v) is 12.7. The molecule has 4 aromatic carbocycles. The summed E-state index contributed by atoms with van der Waals surface area (Å²) in [7, 11) is 0. The highest BCUT2D eigenvalue weighted by Crippen LogP contribution is 2.55. The second-order valence-electron chi connectivity index (χ2n) is 10.9. The van der Waals surface area contributed by atoms with E-state index in [1.54, 1.807) is 0 Å². The molecule has 0 aromatic heterocycles. The Hall–Kier alpha value is -2.40. The lowest BCUT2D eigenvalue weighted by atomic mass is 9.85. The van der Waals surface area contributed by atoms with Crippen LogP contribution in [0.15, 0.2) is 93.9 Å². The molecule has 0 radical (unpaired) electrons. The molecule has 0 amide bonds. The molecule has 0 atom stereocenters. The molecule has 2 nitrogen and oxygen atoms in total. The van der Waals surface area contributed by atoms with E-state index in [1.807, 2.05) is 0 Å². The summed E-state index contributed by atoms with van der Waals surface area (Å²) in [5, 5.41) is 0. The van der Waals surface area contributed by atoms with E-state index in [0.29, 0.717) is 0 Å². The molecule has 2 aliphatic rings. The van der Waals surface area contributed by atoms with Crippen LogP contribution in [0.3, 0.4) is 0 Å². The molecule has 188 valence electrons. The number of halogens is 2. The third kappa shape index (κ3) is 4.47. The Morgan fingerprint density at radius 3 is 1.78 bits per heavy atom. The molecule has 37 heavy (non-hydrogen) atoms. The fraction of sp³-hybridized carbons (Fsp3) is 0.273. The minimum Gasteiger partial charge on any atom is -0.360 e. The Morgan fingerprint density at radius 2 is 1.22 bits per heavy atom. The smallest absolute Gasteiger partial charge is 0.0946 e. The molecule has 1 aliphatic carbocycles. The molecule has 4 heteroatoms. The van der Waals surface area contributed by atoms with Gasteiger partial charge in [0.25, 0.3) is 0 Å². The van der Waals surface area contributed by atoms with Crippen LogP contribution in [-0.4, -0.2) is 0 Å². The number of nitrogens with zero attached hydrogens (tertiary/aromatic N) is 1. The van der Waals surface area contributed by atoms with Crippen LogP contribution in [0.25, 0.3) is 11.1 Å². The molecule has 1 saturated carbocycles. The summed E-state index contributed by atoms with van der Waals surface area (Å²) >= 11 is 7.16. The number of fused-ring (bicyclic) bond motifs is 2. The van der Waals surface area contributed by atoms with Gasteiger partial charge in [0.2, 0.25) is 0 Å². The Balaban J connectivity index is 1.41. The summed E-state index contributed by atoms with van der Waals surface area (Å²) in [6.45, 7) is 6.66. The Bertz CT molecular complexity index is 1410. The maximum atomic E-state index is 6.73. The molecule has 0 unspecified atom stereocenters. The average Bonchev–Trinajstić information content (AvgIpc) is 3.44. The summed E-state index contributed by atoms with van der Waals surface area (Å²) in [6, 6.07) is 30.8. The lowest BCUT2D eigenvalue weighted by Crippen LogP contribution is -2.25. The zero-order valence-electron chi connectivity index (χ0n) is 21.5. The van der Waals surface area contributed by atoms with Crippen molar-refractivity contribution in [3.8, 4) is 11.1 Å². The van der Waals surface area contributed by atoms with Gasteiger partial charge in [-0.05, 0) is 128 Å². The van der Waals surface area contributed by atoms with Crippen LogP contribution in [0, 0.1) is 6.92 Å². The van der Waals surface area contributed by atoms with E-state index in [4.69, 9.17) is 4.74 Å². The van der Waals surface area contributed by atoms with Gasteiger partial charge < -0.3 is 9.64 Å². The van der Waals surface area contributed by atoms with E-state index < -0.39 is 0 Å². The third-order valence-electron chi connectivity index (χ3n) is 7.96. The van der Waals surface area contributed by atoms with E-state index in [2.05, 4.69) is 142 Å². The summed E-state index contributed by atoms with van der Waals surface area (Å²) in [6.07, 6.45) is 4.79. The molecular weight excluding hydrogens is 586 g/mol. The van der Waals surface area contributed by atoms with Crippen molar-refractivity contribution in [3.63, 3.8) is 0 Å². The molecule has 1 fully saturated rings. The molecule has 0 saturated heterocycles. The average molecular weight is 617 g/mol. The van der Waals surface area contributed by atoms with Gasteiger partial charge in [-0.25, -0.2) is 0 Å². The predicted molar refractivity (Wildman–Crippen MR) is 161 cm³/mol. The minimum atomic E-state index is -0.259. The van der Waals surface area contributed by atoms with Crippen molar-refractivity contribution in [2.24, 2.45) is 0 Å². The van der Waals surface area contributed by atoms with Gasteiger partial charge in [-0.2, -0.15) is 0 Å². The Kier molecular flexibility index (Phi) is 6.34. The summed E-state index contributed by atoms with van der Waals surface area (Å²) in [4.78, 5) is 2.32. The Morgan fingerprint density at radius 1 is 0.676 bits per heavy atom. The fourth-order valence-corrected chi connectivity index (χ4v) is 6.76. The van der Waals surface area contributed by atoms with E-state index in [9.17, 15) is 0 Å². The lowest BCUT2D eigenvalue weighted by Gasteiger charge is -2.28. The fourth-order valence-electron chi connectivity index (χ4n) is 6.23. The van der Waals surface area contributed by atoms with E-state index >= 15 is 0 Å². The van der Waals surface area contributed by atoms with Gasteiger partial charge in [0.15, 0.2) is 0 Å². The van der Waals surface area contributed by atoms with Crippen molar-refractivity contribution < 1.29 is 4.74 Å². The van der Waals surface area contributed by atoms with Gasteiger partial charge in [-0.3, -0.25) is 0 Å². The first kappa shape index (κ1) is 24.9. The SMILES string of the molecule is Cc1cc(-c2ccc3c(c2)C(C)(C)OC32CCCC2)ccc1N(c1ccc(Br)cc1)c1ccc(Br)cc1. The largest absolute Gasteiger partial charge is 0.360 e. The van der Waals surface area contributed by atoms with Gasteiger partial charge in [-0.1, -0.05) is 62.9 Å². The first-order valence-electron chi connectivity index (χ1n) is 13.0. The van der Waals surface area contributed by atoms with Crippen LogP contribution in [-0.2, 0) is 15.9 Å². The quantitative estimate of drug-likeness (QED) is 0.226. The van der Waals surface area contributed by atoms with Crippen LogP contribution in [0.5, 0.6) is 0 Å². The number of anilines is 3. The molecular formula is C33H31Br2NO. The monoisotopic (exact) mass is 615 g/mol. The molecule has 4 aromatic rings. The molecule has 6 rings (SSSR count). The zero-order valence-corrected chi connectivity index (χ0v) is 24.7. The highest BCUT2D eigenvalue weighted by Gasteiger charge is 2.50. The number of rotatable bonds is 4. The van der Waals surface area contributed by atoms with Crippen molar-refractivity contribution in [3.05, 3.63) is 111 Å². The normalized spacial score (nSPS) is 17.2. The topological polar surface area (TPSA) is 12.5 Å². The van der Waals surface area contributed by atoms with Crippen LogP contribution in [0.1, 0.15) is 56.2 Å². The van der Waals surface area contributed by atoms with Gasteiger partial charge in [0, 0.05) is 26.0 Å². The van der Waals surface area contributed by atoms with E-state index in [-0.39, 0.29) is 11.2 Å². The molecule has 0 N–H and O–H groups in total. The molecule has 1 aliphatic heterocycles. The van der Waals surface area contributed by atoms with Crippen molar-refractivity contribution in [2.45, 2.75) is 57.7 Å². The maximum absolute atomic E-state index is 6.73. The first-order chi connectivity index (χ1) is 17.8. The van der Waals surface area contributed by atoms with Crippen molar-refractivity contribution >= 4 is 48.9 Å². The number of benzene rings is 4. The van der Waals surface area contributed by atoms with E-state index in [0.717, 1.165) is 33.2 Å². The van der Waals surface area contributed by atoms with E-state index in [1.165, 1.54) is 46.3 Å². The van der Waals surface area contributed by atoms with Crippen molar-refractivity contribution in [1.29, 1.82) is 0 Å². The van der Waals surface area contributed by atoms with Gasteiger partial charge >= 0.3 is 0 Å². The number of ether oxygens (including phenoxy) is 1. The van der Waals surface area contributed by atoms with Crippen LogP contribution < -0.4 is 4.90 Å². The van der Waals surface area contributed by atoms with Gasteiger partial charge in [0.05, 0.1) is 11.2 Å². The summed E-state index contributed by atoms with van der Waals surface area (Å²) < 4.78 is 8.88. The zero-order chi connectivity index (χ0) is 25.8. The van der Waals surface area contributed by atoms with Crippen molar-refractivity contribution in [2.75, 3.05) is 4.90 Å². The third-order valence-corrected chi connectivity index (χ3v) is 9.02. The maximum Gasteiger partial charge on any atom is 0.0946 e. The summed E-state index contributed by atoms with van der Waals surface area (Å²) in [5.41, 5.74) is 9.55. The van der Waals surface area contributed by atoms with Gasteiger partial charge in [0.1, 0.15) is 0 Å². The van der Waals surface area contributed by atoms with Crippen molar-refractivity contribution in [1.82, 2.24) is 0 Å². The predicted octanol–water partition coefficient (Wildman–Crippen LogP) is 10.7. The second kappa shape index (κ2) is 9.41.